The van der Waals surface area contributed by atoms with E-state index in [4.69, 9.17) is 5.11 Å². The third-order valence-corrected chi connectivity index (χ3v) is 6.77. The standard InChI is InChI=1S/C13H25N3O3S/c17-10-11-1-7-16(8-2-11)20(18,19)14-13-9-15-5-3-12(13)4-6-15/h11-14,17H,1-10H2. The molecule has 4 rings (SSSR count). The Kier molecular flexibility index (Phi) is 4.33. The van der Waals surface area contributed by atoms with Crippen LogP contribution in [0.2, 0.25) is 0 Å². The average molecular weight is 303 g/mol. The number of hydrogen-bond acceptors (Lipinski definition) is 4. The maximum absolute atomic E-state index is 12.5. The number of nitrogens with zero attached hydrogens (tertiary/aromatic N) is 2. The van der Waals surface area contributed by atoms with Gasteiger partial charge in [0.15, 0.2) is 0 Å². The van der Waals surface area contributed by atoms with Gasteiger partial charge in [0.05, 0.1) is 0 Å². The van der Waals surface area contributed by atoms with Gasteiger partial charge < -0.3 is 10.0 Å². The lowest BCUT2D eigenvalue weighted by molar-refractivity contribution is 0.0813. The molecule has 2 bridgehead atoms. The molecule has 20 heavy (non-hydrogen) atoms. The average Bonchev–Trinajstić information content (AvgIpc) is 2.48. The summed E-state index contributed by atoms with van der Waals surface area (Å²) in [6, 6.07) is 0.0815. The van der Waals surface area contributed by atoms with Crippen LogP contribution in [0.15, 0.2) is 0 Å². The Morgan fingerprint density at radius 3 is 2.20 bits per heavy atom. The topological polar surface area (TPSA) is 72.9 Å². The molecule has 4 heterocycles. The number of rotatable bonds is 4. The van der Waals surface area contributed by atoms with Crippen LogP contribution in [0.25, 0.3) is 0 Å². The Bertz CT molecular complexity index is 426. The quantitative estimate of drug-likeness (QED) is 0.742. The monoisotopic (exact) mass is 303 g/mol. The van der Waals surface area contributed by atoms with Crippen molar-refractivity contribution in [1.29, 1.82) is 0 Å². The lowest BCUT2D eigenvalue weighted by atomic mass is 9.85. The van der Waals surface area contributed by atoms with E-state index in [1.165, 1.54) is 0 Å². The van der Waals surface area contributed by atoms with Crippen molar-refractivity contribution in [2.75, 3.05) is 39.3 Å². The zero-order valence-corrected chi connectivity index (χ0v) is 12.7. The smallest absolute Gasteiger partial charge is 0.279 e. The Balaban J connectivity index is 1.59. The first kappa shape index (κ1) is 14.7. The molecule has 0 aromatic carbocycles. The van der Waals surface area contributed by atoms with Crippen LogP contribution in [0.3, 0.4) is 0 Å². The van der Waals surface area contributed by atoms with E-state index in [0.29, 0.717) is 19.0 Å². The van der Waals surface area contributed by atoms with E-state index in [0.717, 1.165) is 45.3 Å². The van der Waals surface area contributed by atoms with Gasteiger partial charge in [-0.2, -0.15) is 17.4 Å². The summed E-state index contributed by atoms with van der Waals surface area (Å²) in [5.74, 6) is 0.767. The van der Waals surface area contributed by atoms with Gasteiger partial charge in [-0.15, -0.1) is 0 Å². The number of aliphatic hydroxyl groups excluding tert-OH is 1. The van der Waals surface area contributed by atoms with Crippen LogP contribution in [-0.2, 0) is 10.2 Å². The zero-order valence-electron chi connectivity index (χ0n) is 11.9. The van der Waals surface area contributed by atoms with Crippen LogP contribution in [0, 0.1) is 11.8 Å². The molecule has 2 N–H and O–H groups in total. The predicted molar refractivity (Wildman–Crippen MR) is 76.4 cm³/mol. The van der Waals surface area contributed by atoms with Crippen LogP contribution >= 0.6 is 0 Å². The molecule has 6 nitrogen and oxygen atoms in total. The third kappa shape index (κ3) is 3.01. The van der Waals surface area contributed by atoms with Gasteiger partial charge in [0.1, 0.15) is 0 Å². The maximum atomic E-state index is 12.5. The molecule has 0 saturated carbocycles. The summed E-state index contributed by atoms with van der Waals surface area (Å²) < 4.78 is 29.4. The van der Waals surface area contributed by atoms with Gasteiger partial charge in [0.2, 0.25) is 0 Å². The number of piperidine rings is 4. The summed E-state index contributed by atoms with van der Waals surface area (Å²) in [6.07, 6.45) is 3.74. The first-order valence-electron chi connectivity index (χ1n) is 7.69. The van der Waals surface area contributed by atoms with Crippen molar-refractivity contribution in [1.82, 2.24) is 13.9 Å². The molecule has 4 aliphatic heterocycles. The molecule has 0 radical (unpaired) electrons. The summed E-state index contributed by atoms with van der Waals surface area (Å²) in [6.45, 7) is 4.32. The summed E-state index contributed by atoms with van der Waals surface area (Å²) >= 11 is 0. The van der Waals surface area contributed by atoms with E-state index >= 15 is 0 Å². The first-order valence-corrected chi connectivity index (χ1v) is 9.13. The van der Waals surface area contributed by atoms with E-state index in [2.05, 4.69) is 9.62 Å². The second kappa shape index (κ2) is 5.88. The van der Waals surface area contributed by atoms with Gasteiger partial charge in [0, 0.05) is 32.3 Å². The molecule has 0 aromatic heterocycles. The number of aliphatic hydroxyl groups is 1. The second-order valence-corrected chi connectivity index (χ2v) is 8.09. The second-order valence-electron chi connectivity index (χ2n) is 6.39. The van der Waals surface area contributed by atoms with Gasteiger partial charge in [-0.1, -0.05) is 0 Å². The Labute approximate surface area is 121 Å². The molecule has 4 aliphatic rings. The molecule has 0 aliphatic carbocycles. The van der Waals surface area contributed by atoms with Crippen molar-refractivity contribution in [2.45, 2.75) is 31.7 Å². The molecule has 4 fully saturated rings. The zero-order chi connectivity index (χ0) is 14.2. The lowest BCUT2D eigenvalue weighted by Crippen LogP contribution is -2.59. The molecular formula is C13H25N3O3S. The SMILES string of the molecule is O=S(=O)(NC1CN2CCC1CC2)N1CCC(CO)CC1. The van der Waals surface area contributed by atoms with E-state index in [1.54, 1.807) is 4.31 Å². The van der Waals surface area contributed by atoms with Crippen LogP contribution in [0.4, 0.5) is 0 Å². The Hall–Kier alpha value is -0.210. The van der Waals surface area contributed by atoms with E-state index < -0.39 is 10.2 Å². The largest absolute Gasteiger partial charge is 0.396 e. The van der Waals surface area contributed by atoms with Crippen molar-refractivity contribution in [3.05, 3.63) is 0 Å². The molecule has 0 amide bonds. The van der Waals surface area contributed by atoms with Crippen LogP contribution in [0.5, 0.6) is 0 Å². The van der Waals surface area contributed by atoms with E-state index in [9.17, 15) is 8.42 Å². The Morgan fingerprint density at radius 1 is 1.05 bits per heavy atom. The fraction of sp³-hybridized carbons (Fsp3) is 1.00. The number of nitrogens with one attached hydrogen (secondary N) is 1. The van der Waals surface area contributed by atoms with Crippen molar-refractivity contribution in [3.8, 4) is 0 Å². The van der Waals surface area contributed by atoms with E-state index in [1.807, 2.05) is 0 Å². The third-order valence-electron chi connectivity index (χ3n) is 5.13. The lowest BCUT2D eigenvalue weighted by Gasteiger charge is -2.45. The van der Waals surface area contributed by atoms with Gasteiger partial charge in [0.25, 0.3) is 10.2 Å². The first-order chi connectivity index (χ1) is 9.58. The molecule has 116 valence electrons. The molecule has 4 saturated heterocycles. The summed E-state index contributed by atoms with van der Waals surface area (Å²) in [5, 5.41) is 9.12. The van der Waals surface area contributed by atoms with Crippen LogP contribution < -0.4 is 4.72 Å². The minimum atomic E-state index is -3.36. The summed E-state index contributed by atoms with van der Waals surface area (Å²) in [4.78, 5) is 2.35. The Morgan fingerprint density at radius 2 is 1.70 bits per heavy atom. The predicted octanol–water partition coefficient (Wildman–Crippen LogP) is -0.381. The molecule has 7 heteroatoms. The minimum Gasteiger partial charge on any atom is -0.396 e. The van der Waals surface area contributed by atoms with Gasteiger partial charge >= 0.3 is 0 Å². The highest BCUT2D eigenvalue weighted by Gasteiger charge is 2.38. The number of hydrogen-bond donors (Lipinski definition) is 2. The fourth-order valence-electron chi connectivity index (χ4n) is 3.70. The van der Waals surface area contributed by atoms with Crippen LogP contribution in [-0.4, -0.2) is 68.1 Å². The highest BCUT2D eigenvalue weighted by Crippen LogP contribution is 2.28. The van der Waals surface area contributed by atoms with Gasteiger partial charge in [-0.05, 0) is 50.6 Å². The maximum Gasteiger partial charge on any atom is 0.279 e. The van der Waals surface area contributed by atoms with Crippen LogP contribution in [0.1, 0.15) is 25.7 Å². The molecule has 0 aromatic rings. The summed E-state index contributed by atoms with van der Waals surface area (Å²) in [5.41, 5.74) is 0. The van der Waals surface area contributed by atoms with Crippen molar-refractivity contribution in [3.63, 3.8) is 0 Å². The summed E-state index contributed by atoms with van der Waals surface area (Å²) in [7, 11) is -3.36. The van der Waals surface area contributed by atoms with E-state index in [-0.39, 0.29) is 18.6 Å². The van der Waals surface area contributed by atoms with Crippen molar-refractivity contribution in [2.24, 2.45) is 11.8 Å². The van der Waals surface area contributed by atoms with Gasteiger partial charge in [-0.25, -0.2) is 0 Å². The molecule has 1 atom stereocenters. The highest BCUT2D eigenvalue weighted by molar-refractivity contribution is 7.87. The minimum absolute atomic E-state index is 0.0815. The van der Waals surface area contributed by atoms with Crippen molar-refractivity contribution >= 4 is 10.2 Å². The highest BCUT2D eigenvalue weighted by atomic mass is 32.2. The molecular weight excluding hydrogens is 278 g/mol. The normalized spacial score (nSPS) is 36.4. The van der Waals surface area contributed by atoms with Crippen molar-refractivity contribution < 1.29 is 13.5 Å². The van der Waals surface area contributed by atoms with Gasteiger partial charge in [-0.3, -0.25) is 0 Å². The number of fused-ring (bicyclic) bond motifs is 3. The molecule has 1 unspecified atom stereocenters. The molecule has 0 spiro atoms. The fourth-order valence-corrected chi connectivity index (χ4v) is 5.19.